The molecule has 1 aromatic rings. The second kappa shape index (κ2) is 6.28. The van der Waals surface area contributed by atoms with E-state index in [4.69, 9.17) is 4.74 Å². The van der Waals surface area contributed by atoms with Gasteiger partial charge in [0, 0.05) is 31.8 Å². The van der Waals surface area contributed by atoms with Gasteiger partial charge in [0.1, 0.15) is 5.82 Å². The van der Waals surface area contributed by atoms with Crippen molar-refractivity contribution in [1.29, 1.82) is 0 Å². The van der Waals surface area contributed by atoms with Crippen molar-refractivity contribution in [2.75, 3.05) is 13.7 Å². The van der Waals surface area contributed by atoms with E-state index in [0.29, 0.717) is 25.8 Å². The predicted molar refractivity (Wildman–Crippen MR) is 79.8 cm³/mol. The molecule has 1 heterocycles. The molecule has 2 fully saturated rings. The van der Waals surface area contributed by atoms with Crippen LogP contribution >= 0.6 is 0 Å². The number of hydrogen-bond acceptors (Lipinski definition) is 3. The normalized spacial score (nSPS) is 31.2. The molecule has 1 aromatic carbocycles. The molecular weight excluding hydrogens is 326 g/mol. The maximum absolute atomic E-state index is 14.3. The molecule has 1 aliphatic carbocycles. The Morgan fingerprint density at radius 3 is 2.75 bits per heavy atom. The molecular formula is C17H21F4NO2. The molecule has 0 radical (unpaired) electrons. The highest BCUT2D eigenvalue weighted by molar-refractivity contribution is 5.28. The number of nitrogens with zero attached hydrogens (tertiary/aromatic N) is 1. The first kappa shape index (κ1) is 17.6. The number of ether oxygens (including phenoxy) is 1. The van der Waals surface area contributed by atoms with Gasteiger partial charge in [-0.25, -0.2) is 4.39 Å². The highest BCUT2D eigenvalue weighted by Crippen LogP contribution is 2.43. The molecule has 0 bridgehead atoms. The van der Waals surface area contributed by atoms with E-state index in [1.807, 2.05) is 4.90 Å². The fourth-order valence-corrected chi connectivity index (χ4v) is 4.10. The number of aliphatic hydroxyl groups excluding tert-OH is 1. The van der Waals surface area contributed by atoms with E-state index in [1.54, 1.807) is 7.11 Å². The van der Waals surface area contributed by atoms with E-state index in [-0.39, 0.29) is 18.2 Å². The summed E-state index contributed by atoms with van der Waals surface area (Å²) in [5.41, 5.74) is -1.60. The van der Waals surface area contributed by atoms with Gasteiger partial charge < -0.3 is 9.84 Å². The molecule has 7 heteroatoms. The fourth-order valence-electron chi connectivity index (χ4n) is 4.10. The summed E-state index contributed by atoms with van der Waals surface area (Å²) in [4.78, 5) is 1.93. The van der Waals surface area contributed by atoms with Crippen LogP contribution in [0.4, 0.5) is 17.6 Å². The summed E-state index contributed by atoms with van der Waals surface area (Å²) in [5.74, 6) is -1.21. The first-order valence-corrected chi connectivity index (χ1v) is 8.09. The molecule has 1 N–H and O–H groups in total. The lowest BCUT2D eigenvalue weighted by molar-refractivity contribution is -0.140. The fraction of sp³-hybridized carbons (Fsp3) is 0.647. The van der Waals surface area contributed by atoms with Gasteiger partial charge in [0.25, 0.3) is 0 Å². The van der Waals surface area contributed by atoms with Gasteiger partial charge in [-0.15, -0.1) is 0 Å². The molecule has 1 saturated carbocycles. The van der Waals surface area contributed by atoms with E-state index in [9.17, 15) is 22.7 Å². The molecule has 2 aliphatic rings. The van der Waals surface area contributed by atoms with Gasteiger partial charge >= 0.3 is 6.18 Å². The SMILES string of the molecule is CO[C@@]12CC[C@@H](O)C[C@@H]1N(Cc1cccc(C(F)(F)F)c1F)CC2. The summed E-state index contributed by atoms with van der Waals surface area (Å²) < 4.78 is 58.6. The maximum Gasteiger partial charge on any atom is 0.419 e. The standard InChI is InChI=1S/C17H21F4NO2/c1-24-16-6-5-12(23)9-14(16)22(8-7-16)10-11-3-2-4-13(15(11)18)17(19,20)21/h2-4,12,14,23H,5-10H2,1H3/t12-,14+,16-/m1/s1. The number of aliphatic hydroxyl groups is 1. The Morgan fingerprint density at radius 1 is 1.33 bits per heavy atom. The molecule has 3 nitrogen and oxygen atoms in total. The number of likely N-dealkylation sites (tertiary alicyclic amines) is 1. The van der Waals surface area contributed by atoms with Gasteiger partial charge in [0.15, 0.2) is 0 Å². The quantitative estimate of drug-likeness (QED) is 0.851. The van der Waals surface area contributed by atoms with Crippen molar-refractivity contribution in [3.8, 4) is 0 Å². The van der Waals surface area contributed by atoms with Crippen molar-refractivity contribution < 1.29 is 27.4 Å². The Labute approximate surface area is 138 Å². The average molecular weight is 347 g/mol. The summed E-state index contributed by atoms with van der Waals surface area (Å²) >= 11 is 0. The Hall–Kier alpha value is -1.18. The van der Waals surface area contributed by atoms with Crippen LogP contribution in [0, 0.1) is 5.82 Å². The molecule has 134 valence electrons. The average Bonchev–Trinajstić information content (AvgIpc) is 2.87. The minimum atomic E-state index is -4.71. The van der Waals surface area contributed by atoms with Crippen LogP contribution in [-0.2, 0) is 17.5 Å². The van der Waals surface area contributed by atoms with Gasteiger partial charge in [0.2, 0.25) is 0 Å². The van der Waals surface area contributed by atoms with E-state index >= 15 is 0 Å². The minimum absolute atomic E-state index is 0.0248. The highest BCUT2D eigenvalue weighted by Gasteiger charge is 2.50. The summed E-state index contributed by atoms with van der Waals surface area (Å²) in [7, 11) is 1.62. The number of methoxy groups -OCH3 is 1. The van der Waals surface area contributed by atoms with Gasteiger partial charge in [-0.3, -0.25) is 4.90 Å². The van der Waals surface area contributed by atoms with Crippen molar-refractivity contribution in [3.63, 3.8) is 0 Å². The molecule has 0 spiro atoms. The maximum atomic E-state index is 14.3. The summed E-state index contributed by atoms with van der Waals surface area (Å²) in [5, 5.41) is 9.95. The van der Waals surface area contributed by atoms with E-state index in [2.05, 4.69) is 0 Å². The van der Waals surface area contributed by atoms with Gasteiger partial charge in [0.05, 0.1) is 17.3 Å². The first-order valence-electron chi connectivity index (χ1n) is 8.09. The van der Waals surface area contributed by atoms with Crippen LogP contribution in [0.2, 0.25) is 0 Å². The number of fused-ring (bicyclic) bond motifs is 1. The second-order valence-electron chi connectivity index (χ2n) is 6.71. The molecule has 1 saturated heterocycles. The first-order chi connectivity index (χ1) is 11.3. The zero-order valence-corrected chi connectivity index (χ0v) is 13.4. The summed E-state index contributed by atoms with van der Waals surface area (Å²) in [6.07, 6.45) is -2.57. The Kier molecular flexibility index (Phi) is 4.61. The number of hydrogen-bond donors (Lipinski definition) is 1. The summed E-state index contributed by atoms with van der Waals surface area (Å²) in [6.45, 7) is 0.694. The number of halogens is 4. The highest BCUT2D eigenvalue weighted by atomic mass is 19.4. The summed E-state index contributed by atoms with van der Waals surface area (Å²) in [6, 6.07) is 3.26. The predicted octanol–water partition coefficient (Wildman–Crippen LogP) is 3.35. The largest absolute Gasteiger partial charge is 0.419 e. The molecule has 0 aromatic heterocycles. The molecule has 0 unspecified atom stereocenters. The molecule has 0 amide bonds. The van der Waals surface area contributed by atoms with Crippen molar-refractivity contribution >= 4 is 0 Å². The van der Waals surface area contributed by atoms with Crippen molar-refractivity contribution in [2.45, 2.75) is 56.2 Å². The van der Waals surface area contributed by atoms with Crippen LogP contribution in [-0.4, -0.2) is 41.4 Å². The zero-order chi connectivity index (χ0) is 17.5. The van der Waals surface area contributed by atoms with Crippen LogP contribution in [0.25, 0.3) is 0 Å². The lowest BCUT2D eigenvalue weighted by Crippen LogP contribution is -2.51. The lowest BCUT2D eigenvalue weighted by Gasteiger charge is -2.42. The van der Waals surface area contributed by atoms with Crippen molar-refractivity contribution in [1.82, 2.24) is 4.90 Å². The van der Waals surface area contributed by atoms with E-state index < -0.39 is 29.3 Å². The van der Waals surface area contributed by atoms with Crippen molar-refractivity contribution in [2.24, 2.45) is 0 Å². The van der Waals surface area contributed by atoms with Crippen LogP contribution in [0.3, 0.4) is 0 Å². The van der Waals surface area contributed by atoms with Crippen LogP contribution in [0.5, 0.6) is 0 Å². The van der Waals surface area contributed by atoms with Gasteiger partial charge in [-0.1, -0.05) is 12.1 Å². The topological polar surface area (TPSA) is 32.7 Å². The lowest BCUT2D eigenvalue weighted by atomic mass is 9.79. The van der Waals surface area contributed by atoms with Crippen molar-refractivity contribution in [3.05, 3.63) is 35.1 Å². The second-order valence-corrected chi connectivity index (χ2v) is 6.71. The third-order valence-electron chi connectivity index (χ3n) is 5.43. The Morgan fingerprint density at radius 2 is 2.08 bits per heavy atom. The van der Waals surface area contributed by atoms with Crippen LogP contribution < -0.4 is 0 Å². The minimum Gasteiger partial charge on any atom is -0.393 e. The molecule has 24 heavy (non-hydrogen) atoms. The van der Waals surface area contributed by atoms with E-state index in [1.165, 1.54) is 12.1 Å². The Bertz CT molecular complexity index is 607. The Balaban J connectivity index is 1.84. The molecule has 1 aliphatic heterocycles. The molecule has 3 rings (SSSR count). The third kappa shape index (κ3) is 3.05. The number of rotatable bonds is 3. The monoisotopic (exact) mass is 347 g/mol. The number of alkyl halides is 3. The van der Waals surface area contributed by atoms with Crippen LogP contribution in [0.1, 0.15) is 36.8 Å². The third-order valence-corrected chi connectivity index (χ3v) is 5.43. The smallest absolute Gasteiger partial charge is 0.393 e. The van der Waals surface area contributed by atoms with E-state index in [0.717, 1.165) is 12.5 Å². The zero-order valence-electron chi connectivity index (χ0n) is 13.4. The molecule has 3 atom stereocenters. The number of benzene rings is 1. The van der Waals surface area contributed by atoms with Gasteiger partial charge in [-0.2, -0.15) is 13.2 Å². The van der Waals surface area contributed by atoms with Crippen LogP contribution in [0.15, 0.2) is 18.2 Å². The van der Waals surface area contributed by atoms with Gasteiger partial charge in [-0.05, 0) is 31.7 Å².